The summed E-state index contributed by atoms with van der Waals surface area (Å²) < 4.78 is 10.4. The topological polar surface area (TPSA) is 55.2 Å². The SMILES string of the molecule is C1COC(CNCC2=NCCO2)=N1. The highest BCUT2D eigenvalue weighted by Gasteiger charge is 2.09. The van der Waals surface area contributed by atoms with E-state index in [0.717, 1.165) is 24.9 Å². The first-order valence-corrected chi connectivity index (χ1v) is 4.48. The fourth-order valence-electron chi connectivity index (χ4n) is 1.25. The molecule has 0 unspecified atom stereocenters. The Balaban J connectivity index is 1.63. The van der Waals surface area contributed by atoms with Crippen molar-refractivity contribution in [2.45, 2.75) is 0 Å². The van der Waals surface area contributed by atoms with Crippen molar-refractivity contribution in [1.29, 1.82) is 0 Å². The first-order valence-electron chi connectivity index (χ1n) is 4.48. The number of nitrogens with zero attached hydrogens (tertiary/aromatic N) is 2. The van der Waals surface area contributed by atoms with Crippen molar-refractivity contribution >= 4 is 11.8 Å². The Morgan fingerprint density at radius 3 is 1.92 bits per heavy atom. The van der Waals surface area contributed by atoms with Crippen LogP contribution in [0, 0.1) is 0 Å². The molecule has 5 nitrogen and oxygen atoms in total. The Kier molecular flexibility index (Phi) is 2.76. The number of rotatable bonds is 4. The molecule has 0 fully saturated rings. The van der Waals surface area contributed by atoms with Crippen LogP contribution in [0.4, 0.5) is 0 Å². The fourth-order valence-corrected chi connectivity index (χ4v) is 1.25. The molecule has 2 aliphatic heterocycles. The Labute approximate surface area is 76.8 Å². The Morgan fingerprint density at radius 2 is 1.54 bits per heavy atom. The van der Waals surface area contributed by atoms with Crippen LogP contribution in [0.25, 0.3) is 0 Å². The maximum atomic E-state index is 5.22. The summed E-state index contributed by atoms with van der Waals surface area (Å²) >= 11 is 0. The van der Waals surface area contributed by atoms with Crippen LogP contribution >= 0.6 is 0 Å². The van der Waals surface area contributed by atoms with E-state index in [4.69, 9.17) is 9.47 Å². The van der Waals surface area contributed by atoms with Gasteiger partial charge in [0.25, 0.3) is 0 Å². The third kappa shape index (κ3) is 2.42. The summed E-state index contributed by atoms with van der Waals surface area (Å²) in [5.41, 5.74) is 0. The highest BCUT2D eigenvalue weighted by Crippen LogP contribution is 1.94. The summed E-state index contributed by atoms with van der Waals surface area (Å²) in [6, 6.07) is 0. The molecule has 0 saturated heterocycles. The van der Waals surface area contributed by atoms with Crippen LogP contribution in [-0.4, -0.2) is 51.2 Å². The van der Waals surface area contributed by atoms with E-state index < -0.39 is 0 Å². The van der Waals surface area contributed by atoms with Gasteiger partial charge in [-0.15, -0.1) is 0 Å². The number of hydrogen-bond acceptors (Lipinski definition) is 5. The van der Waals surface area contributed by atoms with Gasteiger partial charge in [-0.2, -0.15) is 0 Å². The predicted molar refractivity (Wildman–Crippen MR) is 49.4 cm³/mol. The lowest BCUT2D eigenvalue weighted by Crippen LogP contribution is -2.28. The maximum Gasteiger partial charge on any atom is 0.197 e. The number of aliphatic imine (C=N–C) groups is 2. The molecule has 1 N–H and O–H groups in total. The molecule has 0 aromatic heterocycles. The van der Waals surface area contributed by atoms with Crippen molar-refractivity contribution in [2.75, 3.05) is 39.4 Å². The standard InChI is InChI=1S/C8H13N3O2/c1-3-12-7(10-1)5-9-6-8-11-2-4-13-8/h9H,1-6H2. The molecule has 0 saturated carbocycles. The van der Waals surface area contributed by atoms with Gasteiger partial charge in [0, 0.05) is 0 Å². The normalized spacial score (nSPS) is 20.6. The maximum absolute atomic E-state index is 5.22. The van der Waals surface area contributed by atoms with Crippen LogP contribution in [0.2, 0.25) is 0 Å². The number of nitrogens with one attached hydrogen (secondary N) is 1. The van der Waals surface area contributed by atoms with Gasteiger partial charge in [0.1, 0.15) is 13.2 Å². The molecule has 5 heteroatoms. The zero-order valence-electron chi connectivity index (χ0n) is 7.45. The Bertz CT molecular complexity index is 214. The Morgan fingerprint density at radius 1 is 1.00 bits per heavy atom. The average molecular weight is 183 g/mol. The lowest BCUT2D eigenvalue weighted by molar-refractivity contribution is 0.333. The van der Waals surface area contributed by atoms with Crippen LogP contribution in [-0.2, 0) is 9.47 Å². The van der Waals surface area contributed by atoms with Crippen molar-refractivity contribution < 1.29 is 9.47 Å². The van der Waals surface area contributed by atoms with Crippen molar-refractivity contribution in [1.82, 2.24) is 5.32 Å². The third-order valence-corrected chi connectivity index (χ3v) is 1.85. The molecule has 0 radical (unpaired) electrons. The van der Waals surface area contributed by atoms with E-state index in [1.54, 1.807) is 0 Å². The van der Waals surface area contributed by atoms with E-state index in [0.29, 0.717) is 26.3 Å². The second-order valence-electron chi connectivity index (χ2n) is 2.85. The van der Waals surface area contributed by atoms with Gasteiger partial charge in [-0.1, -0.05) is 0 Å². The minimum absolute atomic E-state index is 0.669. The first kappa shape index (κ1) is 8.50. The molecule has 2 aliphatic rings. The molecule has 0 bridgehead atoms. The van der Waals surface area contributed by atoms with Crippen LogP contribution in [0.15, 0.2) is 9.98 Å². The van der Waals surface area contributed by atoms with Gasteiger partial charge in [0.2, 0.25) is 0 Å². The van der Waals surface area contributed by atoms with Crippen LogP contribution < -0.4 is 5.32 Å². The quantitative estimate of drug-likeness (QED) is 0.635. The van der Waals surface area contributed by atoms with E-state index in [1.165, 1.54) is 0 Å². The molecule has 0 atom stereocenters. The van der Waals surface area contributed by atoms with Crippen LogP contribution in [0.1, 0.15) is 0 Å². The molecular formula is C8H13N3O2. The molecule has 0 amide bonds. The average Bonchev–Trinajstić information content (AvgIpc) is 2.75. The van der Waals surface area contributed by atoms with Gasteiger partial charge in [-0.25, -0.2) is 0 Å². The zero-order chi connectivity index (χ0) is 8.93. The molecule has 2 heterocycles. The van der Waals surface area contributed by atoms with Crippen molar-refractivity contribution in [3.05, 3.63) is 0 Å². The first-order chi connectivity index (χ1) is 6.45. The number of hydrogen-bond donors (Lipinski definition) is 1. The minimum Gasteiger partial charge on any atom is -0.478 e. The molecule has 0 spiro atoms. The smallest absolute Gasteiger partial charge is 0.197 e. The van der Waals surface area contributed by atoms with E-state index in [-0.39, 0.29) is 0 Å². The van der Waals surface area contributed by atoms with Crippen molar-refractivity contribution in [2.24, 2.45) is 9.98 Å². The Hall–Kier alpha value is -1.10. The van der Waals surface area contributed by atoms with E-state index in [9.17, 15) is 0 Å². The zero-order valence-corrected chi connectivity index (χ0v) is 7.45. The number of ether oxygens (including phenoxy) is 2. The van der Waals surface area contributed by atoms with Gasteiger partial charge in [-0.3, -0.25) is 9.98 Å². The van der Waals surface area contributed by atoms with E-state index >= 15 is 0 Å². The van der Waals surface area contributed by atoms with E-state index in [2.05, 4.69) is 15.3 Å². The molecular weight excluding hydrogens is 170 g/mol. The lowest BCUT2D eigenvalue weighted by atomic mass is 10.5. The molecule has 2 rings (SSSR count). The highest BCUT2D eigenvalue weighted by atomic mass is 16.5. The van der Waals surface area contributed by atoms with Gasteiger partial charge in [0.15, 0.2) is 11.8 Å². The lowest BCUT2D eigenvalue weighted by Gasteiger charge is -2.04. The summed E-state index contributed by atoms with van der Waals surface area (Å²) in [5, 5.41) is 3.16. The minimum atomic E-state index is 0.669. The predicted octanol–water partition coefficient (Wildman–Crippen LogP) is -0.567. The third-order valence-electron chi connectivity index (χ3n) is 1.85. The molecule has 0 aromatic rings. The van der Waals surface area contributed by atoms with Crippen LogP contribution in [0.5, 0.6) is 0 Å². The molecule has 0 aromatic carbocycles. The summed E-state index contributed by atoms with van der Waals surface area (Å²) in [5.74, 6) is 1.58. The van der Waals surface area contributed by atoms with Crippen molar-refractivity contribution in [3.63, 3.8) is 0 Å². The summed E-state index contributed by atoms with van der Waals surface area (Å²) in [4.78, 5) is 8.30. The fraction of sp³-hybridized carbons (Fsp3) is 0.750. The second kappa shape index (κ2) is 4.23. The second-order valence-corrected chi connectivity index (χ2v) is 2.85. The highest BCUT2D eigenvalue weighted by molar-refractivity contribution is 5.82. The van der Waals surface area contributed by atoms with Gasteiger partial charge in [-0.05, 0) is 0 Å². The monoisotopic (exact) mass is 183 g/mol. The molecule has 0 aliphatic carbocycles. The largest absolute Gasteiger partial charge is 0.478 e. The summed E-state index contributed by atoms with van der Waals surface area (Å²) in [7, 11) is 0. The van der Waals surface area contributed by atoms with Gasteiger partial charge >= 0.3 is 0 Å². The van der Waals surface area contributed by atoms with Crippen LogP contribution in [0.3, 0.4) is 0 Å². The summed E-state index contributed by atoms with van der Waals surface area (Å²) in [6.07, 6.45) is 0. The summed E-state index contributed by atoms with van der Waals surface area (Å²) in [6.45, 7) is 4.34. The van der Waals surface area contributed by atoms with Gasteiger partial charge < -0.3 is 14.8 Å². The molecule has 72 valence electrons. The van der Waals surface area contributed by atoms with E-state index in [1.807, 2.05) is 0 Å². The molecule has 13 heavy (non-hydrogen) atoms. The van der Waals surface area contributed by atoms with Crippen molar-refractivity contribution in [3.8, 4) is 0 Å². The van der Waals surface area contributed by atoms with Gasteiger partial charge in [0.05, 0.1) is 26.2 Å².